The number of carbonyl (C=O) groups excluding carboxylic acids is 1. The van der Waals surface area contributed by atoms with Gasteiger partial charge in [0.1, 0.15) is 5.75 Å². The minimum atomic E-state index is 0.221. The van der Waals surface area contributed by atoms with E-state index in [9.17, 15) is 4.79 Å². The molecule has 0 aliphatic carbocycles. The lowest BCUT2D eigenvalue weighted by atomic mass is 9.97. The van der Waals surface area contributed by atoms with Crippen molar-refractivity contribution in [2.45, 2.75) is 52.5 Å². The summed E-state index contributed by atoms with van der Waals surface area (Å²) in [6.07, 6.45) is 3.66. The number of piperidine rings is 1. The number of likely N-dealkylation sites (tertiary alicyclic amines) is 1. The number of nitrogens with zero attached hydrogens (tertiary/aromatic N) is 2. The number of carbonyl (C=O) groups is 1. The molecular formula is C25H34N2O2. The van der Waals surface area contributed by atoms with Crippen molar-refractivity contribution in [2.24, 2.45) is 0 Å². The summed E-state index contributed by atoms with van der Waals surface area (Å²) in [6.45, 7) is 9.44. The van der Waals surface area contributed by atoms with Gasteiger partial charge in [0.2, 0.25) is 5.91 Å². The zero-order chi connectivity index (χ0) is 20.8. The van der Waals surface area contributed by atoms with Gasteiger partial charge in [0.05, 0.1) is 7.11 Å². The predicted molar refractivity (Wildman–Crippen MR) is 120 cm³/mol. The first kappa shape index (κ1) is 21.4. The van der Waals surface area contributed by atoms with Crippen LogP contribution in [0, 0.1) is 13.8 Å². The minimum Gasteiger partial charge on any atom is -0.497 e. The highest BCUT2D eigenvalue weighted by Gasteiger charge is 2.28. The molecule has 0 bridgehead atoms. The summed E-state index contributed by atoms with van der Waals surface area (Å²) in [5, 5.41) is 0. The van der Waals surface area contributed by atoms with Gasteiger partial charge in [-0.1, -0.05) is 25.1 Å². The van der Waals surface area contributed by atoms with Crippen LogP contribution < -0.4 is 9.64 Å². The largest absolute Gasteiger partial charge is 0.497 e. The van der Waals surface area contributed by atoms with Crippen LogP contribution in [0.15, 0.2) is 42.5 Å². The average molecular weight is 395 g/mol. The van der Waals surface area contributed by atoms with Crippen LogP contribution in [0.2, 0.25) is 0 Å². The van der Waals surface area contributed by atoms with Crippen molar-refractivity contribution < 1.29 is 9.53 Å². The van der Waals surface area contributed by atoms with Crippen molar-refractivity contribution in [3.63, 3.8) is 0 Å². The Morgan fingerprint density at radius 2 is 1.72 bits per heavy atom. The number of aryl methyl sites for hydroxylation is 2. The molecule has 0 N–H and O–H groups in total. The third-order valence-electron chi connectivity index (χ3n) is 6.11. The normalized spacial score (nSPS) is 15.3. The smallest absolute Gasteiger partial charge is 0.226 e. The molecule has 29 heavy (non-hydrogen) atoms. The van der Waals surface area contributed by atoms with Gasteiger partial charge in [-0.2, -0.15) is 0 Å². The predicted octanol–water partition coefficient (Wildman–Crippen LogP) is 4.76. The van der Waals surface area contributed by atoms with E-state index in [1.54, 1.807) is 7.11 Å². The third-order valence-corrected chi connectivity index (χ3v) is 6.11. The number of hydrogen-bond donors (Lipinski definition) is 0. The van der Waals surface area contributed by atoms with Crippen LogP contribution in [0.5, 0.6) is 5.75 Å². The number of amides is 1. The quantitative estimate of drug-likeness (QED) is 0.679. The molecule has 2 aromatic rings. The Bertz CT molecular complexity index is 788. The fraction of sp³-hybridized carbons (Fsp3) is 0.480. The van der Waals surface area contributed by atoms with Gasteiger partial charge in [0.15, 0.2) is 0 Å². The van der Waals surface area contributed by atoms with Crippen molar-refractivity contribution in [2.75, 3.05) is 31.6 Å². The summed E-state index contributed by atoms with van der Waals surface area (Å²) in [4.78, 5) is 17.2. The molecule has 0 atom stereocenters. The first-order valence-corrected chi connectivity index (χ1v) is 10.8. The zero-order valence-corrected chi connectivity index (χ0v) is 18.3. The molecule has 0 aromatic heterocycles. The summed E-state index contributed by atoms with van der Waals surface area (Å²) < 4.78 is 5.38. The molecule has 4 heteroatoms. The highest BCUT2D eigenvalue weighted by atomic mass is 16.5. The number of para-hydroxylation sites is 1. The second-order valence-electron chi connectivity index (χ2n) is 8.02. The van der Waals surface area contributed by atoms with E-state index in [4.69, 9.17) is 4.74 Å². The molecule has 0 saturated carbocycles. The van der Waals surface area contributed by atoms with Gasteiger partial charge < -0.3 is 14.5 Å². The number of methoxy groups -OCH3 is 1. The maximum Gasteiger partial charge on any atom is 0.226 e. The first-order chi connectivity index (χ1) is 14.0. The van der Waals surface area contributed by atoms with Gasteiger partial charge in [-0.05, 0) is 74.1 Å². The molecule has 4 nitrogen and oxygen atoms in total. The highest BCUT2D eigenvalue weighted by molar-refractivity contribution is 5.93. The van der Waals surface area contributed by atoms with E-state index in [0.29, 0.717) is 12.5 Å². The van der Waals surface area contributed by atoms with Gasteiger partial charge in [0.25, 0.3) is 0 Å². The van der Waals surface area contributed by atoms with E-state index in [1.807, 2.05) is 30.0 Å². The molecule has 3 rings (SSSR count). The number of ether oxygens (including phenoxy) is 1. The second kappa shape index (κ2) is 9.93. The maximum atomic E-state index is 12.6. The van der Waals surface area contributed by atoms with Crippen LogP contribution in [-0.2, 0) is 11.2 Å². The summed E-state index contributed by atoms with van der Waals surface area (Å²) in [6, 6.07) is 14.7. The van der Waals surface area contributed by atoms with Crippen LogP contribution in [-0.4, -0.2) is 43.6 Å². The molecule has 1 heterocycles. The molecule has 1 fully saturated rings. The van der Waals surface area contributed by atoms with Gasteiger partial charge in [0, 0.05) is 37.8 Å². The van der Waals surface area contributed by atoms with E-state index in [2.05, 4.69) is 43.0 Å². The number of anilines is 1. The van der Waals surface area contributed by atoms with E-state index in [1.165, 1.54) is 16.7 Å². The van der Waals surface area contributed by atoms with Gasteiger partial charge in [-0.15, -0.1) is 0 Å². The molecule has 1 aliphatic rings. The second-order valence-corrected chi connectivity index (χ2v) is 8.02. The lowest BCUT2D eigenvalue weighted by molar-refractivity contribution is -0.119. The van der Waals surface area contributed by atoms with Crippen molar-refractivity contribution >= 4 is 11.6 Å². The molecule has 0 radical (unpaired) electrons. The fourth-order valence-electron chi connectivity index (χ4n) is 4.45. The van der Waals surface area contributed by atoms with E-state index < -0.39 is 0 Å². The molecular weight excluding hydrogens is 360 g/mol. The fourth-order valence-corrected chi connectivity index (χ4v) is 4.45. The third kappa shape index (κ3) is 5.18. The van der Waals surface area contributed by atoms with Crippen molar-refractivity contribution in [3.05, 3.63) is 59.2 Å². The Morgan fingerprint density at radius 3 is 2.28 bits per heavy atom. The Balaban J connectivity index is 1.59. The number of benzene rings is 2. The monoisotopic (exact) mass is 394 g/mol. The van der Waals surface area contributed by atoms with E-state index in [-0.39, 0.29) is 5.91 Å². The van der Waals surface area contributed by atoms with Crippen LogP contribution in [0.4, 0.5) is 5.69 Å². The van der Waals surface area contributed by atoms with Crippen LogP contribution >= 0.6 is 0 Å². The van der Waals surface area contributed by atoms with E-state index >= 15 is 0 Å². The summed E-state index contributed by atoms with van der Waals surface area (Å²) in [5.74, 6) is 1.16. The molecule has 1 saturated heterocycles. The molecule has 1 amide bonds. The Kier molecular flexibility index (Phi) is 7.32. The standard InChI is InChI=1S/C25H34N2O2/c1-5-25(28)27(21-9-7-6-8-10-21)22-11-14-26(15-12-22)16-13-24-19(2)17-23(29-4)18-20(24)3/h6-10,17-18,22H,5,11-16H2,1-4H3. The number of rotatable bonds is 7. The molecule has 1 aliphatic heterocycles. The Hall–Kier alpha value is -2.33. The lowest BCUT2D eigenvalue weighted by Crippen LogP contribution is -2.48. The molecule has 2 aromatic carbocycles. The topological polar surface area (TPSA) is 32.8 Å². The Labute approximate surface area is 175 Å². The summed E-state index contributed by atoms with van der Waals surface area (Å²) >= 11 is 0. The summed E-state index contributed by atoms with van der Waals surface area (Å²) in [5.41, 5.74) is 5.07. The zero-order valence-electron chi connectivity index (χ0n) is 18.3. The van der Waals surface area contributed by atoms with Gasteiger partial charge >= 0.3 is 0 Å². The van der Waals surface area contributed by atoms with Crippen molar-refractivity contribution in [1.29, 1.82) is 0 Å². The van der Waals surface area contributed by atoms with Gasteiger partial charge in [-0.3, -0.25) is 4.79 Å². The maximum absolute atomic E-state index is 12.6. The lowest BCUT2D eigenvalue weighted by Gasteiger charge is -2.38. The van der Waals surface area contributed by atoms with Crippen LogP contribution in [0.3, 0.4) is 0 Å². The molecule has 156 valence electrons. The summed E-state index contributed by atoms with van der Waals surface area (Å²) in [7, 11) is 1.72. The average Bonchev–Trinajstić information content (AvgIpc) is 2.74. The Morgan fingerprint density at radius 1 is 1.10 bits per heavy atom. The van der Waals surface area contributed by atoms with Crippen molar-refractivity contribution in [1.82, 2.24) is 4.90 Å². The molecule has 0 unspecified atom stereocenters. The van der Waals surface area contributed by atoms with Crippen molar-refractivity contribution in [3.8, 4) is 5.75 Å². The molecule has 0 spiro atoms. The van der Waals surface area contributed by atoms with E-state index in [0.717, 1.165) is 50.3 Å². The van der Waals surface area contributed by atoms with Crippen LogP contribution in [0.1, 0.15) is 42.9 Å². The van der Waals surface area contributed by atoms with Crippen LogP contribution in [0.25, 0.3) is 0 Å². The SMILES string of the molecule is CCC(=O)N(c1ccccc1)C1CCN(CCc2c(C)cc(OC)cc2C)CC1. The minimum absolute atomic E-state index is 0.221. The number of hydrogen-bond acceptors (Lipinski definition) is 3. The highest BCUT2D eigenvalue weighted by Crippen LogP contribution is 2.26. The van der Waals surface area contributed by atoms with Gasteiger partial charge in [-0.25, -0.2) is 0 Å². The first-order valence-electron chi connectivity index (χ1n) is 10.8.